The maximum absolute atomic E-state index is 14.1. The summed E-state index contributed by atoms with van der Waals surface area (Å²) in [5.74, 6) is -0.0458. The van der Waals surface area contributed by atoms with Crippen molar-refractivity contribution < 1.29 is 32.5 Å². The van der Waals surface area contributed by atoms with Gasteiger partial charge < -0.3 is 30.0 Å². The van der Waals surface area contributed by atoms with Gasteiger partial charge in [0.15, 0.2) is 6.29 Å². The number of aliphatic hydroxyl groups is 1. The predicted molar refractivity (Wildman–Crippen MR) is 165 cm³/mol. The molecule has 5 atom stereocenters. The van der Waals surface area contributed by atoms with Crippen LogP contribution in [0.1, 0.15) is 45.1 Å². The number of nitrogens with zero attached hydrogens (tertiary/aromatic N) is 2. The molecule has 2 heterocycles. The van der Waals surface area contributed by atoms with Crippen molar-refractivity contribution in [1.82, 2.24) is 9.62 Å². The molecule has 11 nitrogen and oxygen atoms in total. The SMILES string of the molecule is CNc1cccc(S(=O)(=O)N(C[C@@H](O)[C@H](Cc2ccccc2)NC(=O)O[C@H]2CO[C@H]3OCC[C@H]32)CC(C)(C)CCCC#N)c1. The number of ether oxygens (including phenoxy) is 3. The number of rotatable bonds is 15. The van der Waals surface area contributed by atoms with E-state index in [0.717, 1.165) is 12.0 Å². The fraction of sp³-hybridized carbons (Fsp3) is 0.562. The van der Waals surface area contributed by atoms with Crippen molar-refractivity contribution in [2.75, 3.05) is 38.7 Å². The summed E-state index contributed by atoms with van der Waals surface area (Å²) in [5.41, 5.74) is 1.00. The molecule has 2 saturated heterocycles. The molecule has 0 bridgehead atoms. The van der Waals surface area contributed by atoms with Gasteiger partial charge in [0, 0.05) is 32.2 Å². The van der Waals surface area contributed by atoms with Crippen LogP contribution in [0.2, 0.25) is 0 Å². The van der Waals surface area contributed by atoms with Crippen LogP contribution >= 0.6 is 0 Å². The lowest BCUT2D eigenvalue weighted by Crippen LogP contribution is -2.52. The molecule has 2 aliphatic rings. The quantitative estimate of drug-likeness (QED) is 0.250. The number of hydrogen-bond acceptors (Lipinski definition) is 9. The van der Waals surface area contributed by atoms with E-state index >= 15 is 0 Å². The van der Waals surface area contributed by atoms with Crippen LogP contribution in [0.5, 0.6) is 0 Å². The molecule has 0 saturated carbocycles. The van der Waals surface area contributed by atoms with Gasteiger partial charge in [0.25, 0.3) is 0 Å². The third kappa shape index (κ3) is 8.92. The number of sulfonamides is 1. The van der Waals surface area contributed by atoms with Gasteiger partial charge in [-0.1, -0.05) is 50.2 Å². The first-order valence-electron chi connectivity index (χ1n) is 15.1. The first-order valence-corrected chi connectivity index (χ1v) is 16.5. The summed E-state index contributed by atoms with van der Waals surface area (Å²) < 4.78 is 46.3. The molecule has 4 rings (SSSR count). The van der Waals surface area contributed by atoms with Crippen molar-refractivity contribution in [2.45, 2.75) is 75.4 Å². The Morgan fingerprint density at radius 2 is 1.98 bits per heavy atom. The number of hydrogen-bond donors (Lipinski definition) is 3. The highest BCUT2D eigenvalue weighted by molar-refractivity contribution is 7.89. The highest BCUT2D eigenvalue weighted by Gasteiger charge is 2.44. The molecular formula is C32H44N4O7S. The smallest absolute Gasteiger partial charge is 0.407 e. The lowest BCUT2D eigenvalue weighted by Gasteiger charge is -2.35. The Morgan fingerprint density at radius 3 is 2.70 bits per heavy atom. The second-order valence-electron chi connectivity index (χ2n) is 12.2. The van der Waals surface area contributed by atoms with E-state index in [0.29, 0.717) is 31.6 Å². The molecule has 2 aliphatic heterocycles. The first-order chi connectivity index (χ1) is 21.0. The first kappa shape index (κ1) is 33.7. The molecule has 0 spiro atoms. The van der Waals surface area contributed by atoms with Crippen molar-refractivity contribution in [3.05, 3.63) is 60.2 Å². The van der Waals surface area contributed by atoms with Gasteiger partial charge in [-0.25, -0.2) is 13.2 Å². The Kier molecular flexibility index (Phi) is 11.6. The number of carbonyl (C=O) groups is 1. The zero-order valence-electron chi connectivity index (χ0n) is 25.6. The van der Waals surface area contributed by atoms with Crippen LogP contribution in [0.25, 0.3) is 0 Å². The lowest BCUT2D eigenvalue weighted by molar-refractivity contribution is -0.0907. The van der Waals surface area contributed by atoms with E-state index in [-0.39, 0.29) is 43.2 Å². The summed E-state index contributed by atoms with van der Waals surface area (Å²) in [7, 11) is -2.35. The van der Waals surface area contributed by atoms with Crippen LogP contribution in [0.3, 0.4) is 0 Å². The second-order valence-corrected chi connectivity index (χ2v) is 14.2. The molecule has 2 fully saturated rings. The number of nitriles is 1. The van der Waals surface area contributed by atoms with Crippen molar-refractivity contribution in [2.24, 2.45) is 11.3 Å². The van der Waals surface area contributed by atoms with Crippen molar-refractivity contribution >= 4 is 21.8 Å². The normalized spacial score (nSPS) is 21.3. The van der Waals surface area contributed by atoms with Gasteiger partial charge in [0.1, 0.15) is 6.10 Å². The van der Waals surface area contributed by atoms with Gasteiger partial charge in [-0.3, -0.25) is 0 Å². The van der Waals surface area contributed by atoms with E-state index in [1.54, 1.807) is 25.2 Å². The number of fused-ring (bicyclic) bond motifs is 1. The van der Waals surface area contributed by atoms with Crippen LogP contribution < -0.4 is 10.6 Å². The Morgan fingerprint density at radius 1 is 1.20 bits per heavy atom. The van der Waals surface area contributed by atoms with E-state index in [1.165, 1.54) is 10.4 Å². The molecule has 2 aromatic rings. The van der Waals surface area contributed by atoms with Crippen LogP contribution in [0.4, 0.5) is 10.5 Å². The van der Waals surface area contributed by atoms with Crippen LogP contribution in [-0.2, 0) is 30.7 Å². The van der Waals surface area contributed by atoms with Gasteiger partial charge in [0.2, 0.25) is 10.0 Å². The van der Waals surface area contributed by atoms with Gasteiger partial charge in [-0.05, 0) is 54.9 Å². The van der Waals surface area contributed by atoms with Gasteiger partial charge in [-0.15, -0.1) is 0 Å². The maximum atomic E-state index is 14.1. The lowest BCUT2D eigenvalue weighted by atomic mass is 9.87. The molecule has 1 amide bonds. The third-order valence-corrected chi connectivity index (χ3v) is 10.0. The molecule has 12 heteroatoms. The minimum atomic E-state index is -4.06. The molecule has 44 heavy (non-hydrogen) atoms. The molecule has 0 aliphatic carbocycles. The van der Waals surface area contributed by atoms with Crippen molar-refractivity contribution in [1.29, 1.82) is 5.26 Å². The number of aliphatic hydroxyl groups excluding tert-OH is 1. The number of anilines is 1. The zero-order chi connectivity index (χ0) is 31.7. The fourth-order valence-corrected chi connectivity index (χ4v) is 7.46. The Balaban J connectivity index is 1.57. The van der Waals surface area contributed by atoms with Crippen LogP contribution in [0.15, 0.2) is 59.5 Å². The summed E-state index contributed by atoms with van der Waals surface area (Å²) >= 11 is 0. The van der Waals surface area contributed by atoms with Crippen molar-refractivity contribution in [3.63, 3.8) is 0 Å². The second kappa shape index (κ2) is 15.2. The molecule has 2 aromatic carbocycles. The number of amides is 1. The highest BCUT2D eigenvalue weighted by Crippen LogP contribution is 2.33. The number of carbonyl (C=O) groups excluding carboxylic acids is 1. The highest BCUT2D eigenvalue weighted by atomic mass is 32.2. The summed E-state index contributed by atoms with van der Waals surface area (Å²) in [6.07, 6.45) is -0.247. The van der Waals surface area contributed by atoms with E-state index in [1.807, 2.05) is 44.2 Å². The number of alkyl carbamates (subject to hydrolysis) is 1. The predicted octanol–water partition coefficient (Wildman–Crippen LogP) is 3.90. The van der Waals surface area contributed by atoms with E-state index in [2.05, 4.69) is 16.7 Å². The summed E-state index contributed by atoms with van der Waals surface area (Å²) in [6, 6.07) is 17.2. The molecule has 0 unspecified atom stereocenters. The van der Waals surface area contributed by atoms with E-state index in [4.69, 9.17) is 19.5 Å². The van der Waals surface area contributed by atoms with Crippen LogP contribution in [-0.4, -0.2) is 81.8 Å². The number of nitrogens with one attached hydrogen (secondary N) is 2. The van der Waals surface area contributed by atoms with E-state index < -0.39 is 39.8 Å². The molecule has 3 N–H and O–H groups in total. The third-order valence-electron chi connectivity index (χ3n) is 8.21. The number of benzene rings is 2. The van der Waals surface area contributed by atoms with Gasteiger partial charge in [-0.2, -0.15) is 9.57 Å². The van der Waals surface area contributed by atoms with Crippen molar-refractivity contribution in [3.8, 4) is 6.07 Å². The largest absolute Gasteiger partial charge is 0.443 e. The maximum Gasteiger partial charge on any atom is 0.407 e. The summed E-state index contributed by atoms with van der Waals surface area (Å²) in [5, 5.41) is 26.5. The minimum absolute atomic E-state index is 0.0458. The van der Waals surface area contributed by atoms with Gasteiger partial charge in [0.05, 0.1) is 42.2 Å². The number of unbranched alkanes of at least 4 members (excludes halogenated alkanes) is 1. The zero-order valence-corrected chi connectivity index (χ0v) is 26.5. The minimum Gasteiger partial charge on any atom is -0.443 e. The molecule has 0 radical (unpaired) electrons. The summed E-state index contributed by atoms with van der Waals surface area (Å²) in [4.78, 5) is 13.2. The molecule has 240 valence electrons. The average Bonchev–Trinajstić information content (AvgIpc) is 3.62. The Hall–Kier alpha value is -3.21. The Labute approximate surface area is 260 Å². The standard InChI is InChI=1S/C32H44N4O7S/c1-32(2,15-7-8-16-33)22-36(44(39,40)25-13-9-12-24(19-25)34-3)20-28(37)27(18-23-10-5-4-6-11-23)35-31(38)43-29-21-42-30-26(29)14-17-41-30/h4-6,9-13,19,26-30,34,37H,7-8,14-15,17-18,20-22H2,1-3H3,(H,35,38)/t26-,27-,28+,29-,30+/m0/s1. The molecular weight excluding hydrogens is 584 g/mol. The monoisotopic (exact) mass is 628 g/mol. The van der Waals surface area contributed by atoms with E-state index in [9.17, 15) is 18.3 Å². The average molecular weight is 629 g/mol. The Bertz CT molecular complexity index is 1380. The molecule has 0 aromatic heterocycles. The summed E-state index contributed by atoms with van der Waals surface area (Å²) in [6.45, 7) is 4.51. The fourth-order valence-electron chi connectivity index (χ4n) is 5.77. The van der Waals surface area contributed by atoms with Gasteiger partial charge >= 0.3 is 6.09 Å². The van der Waals surface area contributed by atoms with Crippen LogP contribution in [0, 0.1) is 22.7 Å². The topological polar surface area (TPSA) is 150 Å².